The molecule has 0 radical (unpaired) electrons. The monoisotopic (exact) mass is 384 g/mol. The highest BCUT2D eigenvalue weighted by Gasteiger charge is 2.28. The minimum Gasteiger partial charge on any atom is -0.355 e. The van der Waals surface area contributed by atoms with Gasteiger partial charge in [0.2, 0.25) is 5.91 Å². The van der Waals surface area contributed by atoms with Gasteiger partial charge < -0.3 is 9.80 Å². The van der Waals surface area contributed by atoms with Gasteiger partial charge >= 0.3 is 0 Å². The topological polar surface area (TPSA) is 66.6 Å². The second-order valence-electron chi connectivity index (χ2n) is 6.91. The quantitative estimate of drug-likeness (QED) is 0.691. The molecular weight excluding hydrogens is 364 g/mol. The number of hydrogen-bond donors (Lipinski definition) is 0. The number of amides is 1. The Bertz CT molecular complexity index is 933. The SMILES string of the molecule is CN(Cc1ccc(Cl)cc1)C(=O)C1CCN(c2ccc3nncn3n2)CC1. The maximum atomic E-state index is 12.8. The van der Waals surface area contributed by atoms with Gasteiger partial charge in [-0.2, -0.15) is 4.52 Å². The Balaban J connectivity index is 1.35. The predicted octanol–water partition coefficient (Wildman–Crippen LogP) is 2.65. The van der Waals surface area contributed by atoms with Crippen molar-refractivity contribution in [3.05, 3.63) is 53.3 Å². The molecule has 1 aromatic carbocycles. The number of nitrogens with zero attached hydrogens (tertiary/aromatic N) is 6. The summed E-state index contributed by atoms with van der Waals surface area (Å²) in [4.78, 5) is 16.8. The first kappa shape index (κ1) is 17.7. The summed E-state index contributed by atoms with van der Waals surface area (Å²) >= 11 is 5.92. The summed E-state index contributed by atoms with van der Waals surface area (Å²) in [5.41, 5.74) is 1.81. The van der Waals surface area contributed by atoms with Crippen LogP contribution in [0.15, 0.2) is 42.7 Å². The summed E-state index contributed by atoms with van der Waals surface area (Å²) in [6, 6.07) is 11.5. The van der Waals surface area contributed by atoms with Crippen molar-refractivity contribution in [2.75, 3.05) is 25.0 Å². The molecule has 140 valence electrons. The molecule has 1 amide bonds. The molecule has 1 saturated heterocycles. The van der Waals surface area contributed by atoms with Crippen LogP contribution in [0.1, 0.15) is 18.4 Å². The standard InChI is InChI=1S/C19H21ClN6O/c1-24(12-14-2-4-16(20)5-3-14)19(27)15-8-10-25(11-9-15)18-7-6-17-22-21-13-26(17)23-18/h2-7,13,15H,8-12H2,1H3. The first-order valence-electron chi connectivity index (χ1n) is 9.01. The third kappa shape index (κ3) is 3.88. The molecule has 1 fully saturated rings. The van der Waals surface area contributed by atoms with Crippen LogP contribution in [0.2, 0.25) is 5.02 Å². The van der Waals surface area contributed by atoms with Gasteiger partial charge in [-0.25, -0.2) is 0 Å². The van der Waals surface area contributed by atoms with Crippen LogP contribution in [0.4, 0.5) is 5.82 Å². The minimum absolute atomic E-state index is 0.0530. The first-order valence-corrected chi connectivity index (χ1v) is 9.39. The van der Waals surface area contributed by atoms with Crippen molar-refractivity contribution in [2.24, 2.45) is 5.92 Å². The van der Waals surface area contributed by atoms with Gasteiger partial charge in [0.05, 0.1) is 0 Å². The second-order valence-corrected chi connectivity index (χ2v) is 7.34. The van der Waals surface area contributed by atoms with Crippen LogP contribution in [-0.4, -0.2) is 50.8 Å². The third-order valence-electron chi connectivity index (χ3n) is 5.03. The Morgan fingerprint density at radius 2 is 1.93 bits per heavy atom. The number of benzene rings is 1. The lowest BCUT2D eigenvalue weighted by Crippen LogP contribution is -2.41. The van der Waals surface area contributed by atoms with Gasteiger partial charge in [0.1, 0.15) is 12.1 Å². The molecule has 3 heterocycles. The van der Waals surface area contributed by atoms with Gasteiger partial charge in [-0.15, -0.1) is 15.3 Å². The van der Waals surface area contributed by atoms with Gasteiger partial charge in [-0.3, -0.25) is 4.79 Å². The zero-order valence-electron chi connectivity index (χ0n) is 15.1. The van der Waals surface area contributed by atoms with E-state index in [2.05, 4.69) is 20.2 Å². The fourth-order valence-corrected chi connectivity index (χ4v) is 3.62. The van der Waals surface area contributed by atoms with Crippen molar-refractivity contribution in [2.45, 2.75) is 19.4 Å². The van der Waals surface area contributed by atoms with Crippen LogP contribution in [0, 0.1) is 5.92 Å². The number of rotatable bonds is 4. The molecular formula is C19H21ClN6O. The Hall–Kier alpha value is -2.67. The van der Waals surface area contributed by atoms with Gasteiger partial charge in [0.25, 0.3) is 0 Å². The van der Waals surface area contributed by atoms with E-state index in [1.54, 1.807) is 10.8 Å². The third-order valence-corrected chi connectivity index (χ3v) is 5.28. The number of piperidine rings is 1. The highest BCUT2D eigenvalue weighted by molar-refractivity contribution is 6.30. The molecule has 1 aliphatic rings. The molecule has 0 bridgehead atoms. The molecule has 2 aromatic heterocycles. The summed E-state index contributed by atoms with van der Waals surface area (Å²) in [7, 11) is 1.87. The maximum Gasteiger partial charge on any atom is 0.225 e. The van der Waals surface area contributed by atoms with E-state index >= 15 is 0 Å². The van der Waals surface area contributed by atoms with Gasteiger partial charge in [0, 0.05) is 37.6 Å². The highest BCUT2D eigenvalue weighted by atomic mass is 35.5. The second kappa shape index (κ2) is 7.52. The normalized spacial score (nSPS) is 15.3. The summed E-state index contributed by atoms with van der Waals surface area (Å²) in [5.74, 6) is 1.15. The minimum atomic E-state index is 0.0530. The van der Waals surface area contributed by atoms with E-state index in [-0.39, 0.29) is 11.8 Å². The number of aromatic nitrogens is 4. The molecule has 0 spiro atoms. The Morgan fingerprint density at radius 3 is 2.67 bits per heavy atom. The van der Waals surface area contributed by atoms with Crippen molar-refractivity contribution < 1.29 is 4.79 Å². The lowest BCUT2D eigenvalue weighted by Gasteiger charge is -2.33. The van der Waals surface area contributed by atoms with Crippen LogP contribution in [-0.2, 0) is 11.3 Å². The zero-order chi connectivity index (χ0) is 18.8. The maximum absolute atomic E-state index is 12.8. The Kier molecular flexibility index (Phi) is 4.94. The van der Waals surface area contributed by atoms with E-state index in [1.165, 1.54) is 0 Å². The predicted molar refractivity (Wildman–Crippen MR) is 104 cm³/mol. The van der Waals surface area contributed by atoms with Crippen molar-refractivity contribution in [1.82, 2.24) is 24.7 Å². The number of carbonyl (C=O) groups is 1. The molecule has 8 heteroatoms. The molecule has 0 aliphatic carbocycles. The number of hydrogen-bond acceptors (Lipinski definition) is 5. The molecule has 1 aliphatic heterocycles. The zero-order valence-corrected chi connectivity index (χ0v) is 15.9. The number of halogens is 1. The van der Waals surface area contributed by atoms with E-state index in [4.69, 9.17) is 11.6 Å². The van der Waals surface area contributed by atoms with E-state index in [1.807, 2.05) is 48.3 Å². The fraction of sp³-hybridized carbons (Fsp3) is 0.368. The van der Waals surface area contributed by atoms with Crippen molar-refractivity contribution in [3.8, 4) is 0 Å². The average molecular weight is 385 g/mol. The molecule has 27 heavy (non-hydrogen) atoms. The fourth-order valence-electron chi connectivity index (χ4n) is 3.50. The molecule has 4 rings (SSSR count). The lowest BCUT2D eigenvalue weighted by molar-refractivity contribution is -0.135. The van der Waals surface area contributed by atoms with Crippen LogP contribution < -0.4 is 4.90 Å². The first-order chi connectivity index (χ1) is 13.1. The van der Waals surface area contributed by atoms with E-state index in [0.717, 1.165) is 43.0 Å². The molecule has 0 unspecified atom stereocenters. The van der Waals surface area contributed by atoms with Gasteiger partial charge in [-0.05, 0) is 42.7 Å². The van der Waals surface area contributed by atoms with Crippen molar-refractivity contribution in [3.63, 3.8) is 0 Å². The summed E-state index contributed by atoms with van der Waals surface area (Å²) in [6.45, 7) is 2.22. The summed E-state index contributed by atoms with van der Waals surface area (Å²) in [5, 5.41) is 13.1. The summed E-state index contributed by atoms with van der Waals surface area (Å²) < 4.78 is 1.67. The molecule has 0 saturated carbocycles. The Labute approximate surface area is 162 Å². The van der Waals surface area contributed by atoms with Crippen LogP contribution in [0.5, 0.6) is 0 Å². The molecule has 0 atom stereocenters. The van der Waals surface area contributed by atoms with Crippen LogP contribution >= 0.6 is 11.6 Å². The number of fused-ring (bicyclic) bond motifs is 1. The van der Waals surface area contributed by atoms with E-state index in [9.17, 15) is 4.79 Å². The Morgan fingerprint density at radius 1 is 1.19 bits per heavy atom. The smallest absolute Gasteiger partial charge is 0.225 e. The van der Waals surface area contributed by atoms with Crippen LogP contribution in [0.3, 0.4) is 0 Å². The van der Waals surface area contributed by atoms with Crippen molar-refractivity contribution in [1.29, 1.82) is 0 Å². The van der Waals surface area contributed by atoms with Crippen LogP contribution in [0.25, 0.3) is 5.65 Å². The molecule has 3 aromatic rings. The lowest BCUT2D eigenvalue weighted by atomic mass is 9.95. The van der Waals surface area contributed by atoms with Gasteiger partial charge in [0.15, 0.2) is 5.65 Å². The summed E-state index contributed by atoms with van der Waals surface area (Å²) in [6.07, 6.45) is 3.25. The van der Waals surface area contributed by atoms with Gasteiger partial charge in [-0.1, -0.05) is 23.7 Å². The van der Waals surface area contributed by atoms with E-state index in [0.29, 0.717) is 11.6 Å². The van der Waals surface area contributed by atoms with Crippen molar-refractivity contribution >= 4 is 29.0 Å². The van der Waals surface area contributed by atoms with E-state index < -0.39 is 0 Å². The largest absolute Gasteiger partial charge is 0.355 e. The number of anilines is 1. The molecule has 0 N–H and O–H groups in total. The number of carbonyl (C=O) groups excluding carboxylic acids is 1. The average Bonchev–Trinajstić information content (AvgIpc) is 3.17. The highest BCUT2D eigenvalue weighted by Crippen LogP contribution is 2.24. The molecule has 7 nitrogen and oxygen atoms in total.